The highest BCUT2D eigenvalue weighted by atomic mass is 16.1. The van der Waals surface area contributed by atoms with Gasteiger partial charge in [-0.15, -0.1) is 0 Å². The molecule has 0 fully saturated rings. The number of allylic oxidation sites excluding steroid dienone is 11. The zero-order valence-corrected chi connectivity index (χ0v) is 23.6. The predicted molar refractivity (Wildman–Crippen MR) is 160 cm³/mol. The number of carbonyl (C=O) groups excluding carboxylic acids is 2. The van der Waals surface area contributed by atoms with Crippen LogP contribution in [-0.4, -0.2) is 16.5 Å². The van der Waals surface area contributed by atoms with E-state index in [1.165, 1.54) is 0 Å². The summed E-state index contributed by atoms with van der Waals surface area (Å²) in [5.41, 5.74) is 7.17. The molecule has 3 aliphatic rings. The lowest BCUT2D eigenvalue weighted by Gasteiger charge is -2.31. The van der Waals surface area contributed by atoms with Crippen molar-refractivity contribution in [1.82, 2.24) is 4.90 Å². The van der Waals surface area contributed by atoms with Gasteiger partial charge in [0.1, 0.15) is 0 Å². The summed E-state index contributed by atoms with van der Waals surface area (Å²) >= 11 is 0. The zero-order chi connectivity index (χ0) is 27.9. The van der Waals surface area contributed by atoms with Gasteiger partial charge in [0.05, 0.1) is 17.0 Å². The molecule has 0 atom stereocenters. The van der Waals surface area contributed by atoms with Crippen LogP contribution in [0, 0.1) is 10.8 Å². The Kier molecular flexibility index (Phi) is 6.64. The molecule has 0 amide bonds. The predicted octanol–water partition coefficient (Wildman–Crippen LogP) is 8.23. The Bertz CT molecular complexity index is 1520. The van der Waals surface area contributed by atoms with Gasteiger partial charge in [-0.25, -0.2) is 0 Å². The third kappa shape index (κ3) is 5.09. The van der Waals surface area contributed by atoms with Gasteiger partial charge in [0.25, 0.3) is 0 Å². The van der Waals surface area contributed by atoms with Crippen LogP contribution in [0.15, 0.2) is 131 Å². The number of fused-ring (bicyclic) bond motifs is 1. The van der Waals surface area contributed by atoms with Crippen molar-refractivity contribution in [2.24, 2.45) is 10.8 Å². The molecule has 0 N–H and O–H groups in total. The minimum Gasteiger partial charge on any atom is -0.312 e. The molecule has 5 rings (SSSR count). The van der Waals surface area contributed by atoms with Crippen LogP contribution in [0.1, 0.15) is 52.7 Å². The van der Waals surface area contributed by atoms with E-state index in [2.05, 4.69) is 41.5 Å². The van der Waals surface area contributed by atoms with Crippen LogP contribution in [-0.2, 0) is 9.59 Å². The first-order valence-corrected chi connectivity index (χ1v) is 13.4. The van der Waals surface area contributed by atoms with Crippen molar-refractivity contribution < 1.29 is 9.59 Å². The maximum Gasteiger partial charge on any atom is 0.212 e. The number of benzene rings is 2. The second-order valence-corrected chi connectivity index (χ2v) is 12.3. The smallest absolute Gasteiger partial charge is 0.212 e. The number of nitrogens with zero attached hydrogens (tertiary/aromatic N) is 1. The van der Waals surface area contributed by atoms with Gasteiger partial charge < -0.3 is 4.90 Å². The molecule has 0 spiro atoms. The maximum absolute atomic E-state index is 13.8. The summed E-state index contributed by atoms with van der Waals surface area (Å²) in [7, 11) is 0. The Morgan fingerprint density at radius 1 is 0.615 bits per heavy atom. The average Bonchev–Trinajstić information content (AvgIpc) is 3.19. The Morgan fingerprint density at radius 3 is 1.67 bits per heavy atom. The largest absolute Gasteiger partial charge is 0.312 e. The van der Waals surface area contributed by atoms with Crippen molar-refractivity contribution in [2.45, 2.75) is 41.5 Å². The quantitative estimate of drug-likeness (QED) is 0.415. The van der Waals surface area contributed by atoms with Gasteiger partial charge in [-0.3, -0.25) is 9.59 Å². The van der Waals surface area contributed by atoms with Crippen LogP contribution in [0.25, 0.3) is 11.3 Å². The third-order valence-electron chi connectivity index (χ3n) is 7.22. The van der Waals surface area contributed by atoms with E-state index in [1.54, 1.807) is 0 Å². The molecule has 0 saturated carbocycles. The number of hydrogen-bond donors (Lipinski definition) is 0. The van der Waals surface area contributed by atoms with Crippen LogP contribution in [0.2, 0.25) is 0 Å². The van der Waals surface area contributed by atoms with Crippen molar-refractivity contribution in [2.75, 3.05) is 0 Å². The molecule has 2 heterocycles. The second-order valence-electron chi connectivity index (χ2n) is 12.3. The summed E-state index contributed by atoms with van der Waals surface area (Å²) in [6.07, 6.45) is 14.0. The first-order valence-electron chi connectivity index (χ1n) is 13.4. The molecule has 3 heteroatoms. The van der Waals surface area contributed by atoms with E-state index in [-0.39, 0.29) is 22.4 Å². The summed E-state index contributed by atoms with van der Waals surface area (Å²) in [6, 6.07) is 19.9. The number of Topliss-reactive ketones (excluding diaryl/α,β-unsaturated/α-hetero) is 2. The number of hydrogen-bond acceptors (Lipinski definition) is 3. The number of carbonyl (C=O) groups is 2. The third-order valence-corrected chi connectivity index (χ3v) is 7.22. The van der Waals surface area contributed by atoms with Crippen LogP contribution in [0.3, 0.4) is 0 Å². The van der Waals surface area contributed by atoms with Crippen molar-refractivity contribution in [3.8, 4) is 0 Å². The molecule has 0 unspecified atom stereocenters. The number of rotatable bonds is 3. The highest BCUT2D eigenvalue weighted by molar-refractivity contribution is 6.38. The summed E-state index contributed by atoms with van der Waals surface area (Å²) in [4.78, 5) is 29.1. The van der Waals surface area contributed by atoms with Gasteiger partial charge in [0.2, 0.25) is 5.78 Å². The standard InChI is InChI=1S/C36H35NO2/c1-35(2,3)28-21-25(22-29(33(28)38)36(4,5)6)18-17-24-19-20-37-30(23-24)34(39)31(26-13-9-7-10-14-26)32(37)27-15-11-8-12-16-27/h7-23H,1-6H3. The van der Waals surface area contributed by atoms with Crippen molar-refractivity contribution in [1.29, 1.82) is 0 Å². The zero-order valence-electron chi connectivity index (χ0n) is 23.6. The SMILES string of the molecule is CC(C)(C)C1=CC(=CC=C2C=CN3C(=C2)C(=O)C(c2ccccc2)=C3c2ccccc2)C=C(C(C)(C)C)C1=O. The van der Waals surface area contributed by atoms with Crippen molar-refractivity contribution >= 4 is 22.8 Å². The van der Waals surface area contributed by atoms with Gasteiger partial charge in [-0.05, 0) is 57.4 Å². The molecule has 39 heavy (non-hydrogen) atoms. The molecule has 2 aliphatic heterocycles. The van der Waals surface area contributed by atoms with Crippen molar-refractivity contribution in [3.63, 3.8) is 0 Å². The summed E-state index contributed by atoms with van der Waals surface area (Å²) in [5, 5.41) is 0. The molecule has 1 aliphatic carbocycles. The molecule has 0 aromatic heterocycles. The highest BCUT2D eigenvalue weighted by Crippen LogP contribution is 2.43. The monoisotopic (exact) mass is 513 g/mol. The maximum atomic E-state index is 13.8. The summed E-state index contributed by atoms with van der Waals surface area (Å²) in [5.74, 6) is 0.135. The van der Waals surface area contributed by atoms with Gasteiger partial charge in [0.15, 0.2) is 5.78 Å². The molecule has 0 bridgehead atoms. The Balaban J connectivity index is 1.56. The lowest BCUT2D eigenvalue weighted by molar-refractivity contribution is -0.114. The summed E-state index contributed by atoms with van der Waals surface area (Å²) in [6.45, 7) is 12.5. The van der Waals surface area contributed by atoms with Gasteiger partial charge >= 0.3 is 0 Å². The molecule has 196 valence electrons. The van der Waals surface area contributed by atoms with Gasteiger partial charge in [-0.1, -0.05) is 114 Å². The normalized spacial score (nSPS) is 18.8. The average molecular weight is 514 g/mol. The first-order chi connectivity index (χ1) is 18.4. The van der Waals surface area contributed by atoms with E-state index >= 15 is 0 Å². The molecular weight excluding hydrogens is 478 g/mol. The molecule has 3 nitrogen and oxygen atoms in total. The minimum atomic E-state index is -0.259. The van der Waals surface area contributed by atoms with Gasteiger partial charge in [0, 0.05) is 17.3 Å². The molecule has 0 saturated heterocycles. The first kappa shape index (κ1) is 26.4. The van der Waals surface area contributed by atoms with E-state index in [0.717, 1.165) is 39.1 Å². The molecule has 2 aromatic carbocycles. The Morgan fingerprint density at radius 2 is 1.13 bits per heavy atom. The van der Waals surface area contributed by atoms with E-state index in [0.29, 0.717) is 11.3 Å². The number of ketones is 2. The van der Waals surface area contributed by atoms with E-state index in [1.807, 2.05) is 108 Å². The Labute approximate surface area is 231 Å². The van der Waals surface area contributed by atoms with Crippen LogP contribution >= 0.6 is 0 Å². The van der Waals surface area contributed by atoms with E-state index in [4.69, 9.17) is 0 Å². The van der Waals surface area contributed by atoms with E-state index in [9.17, 15) is 9.59 Å². The molecular formula is C36H35NO2. The fraction of sp³-hybridized carbons (Fsp3) is 0.222. The fourth-order valence-corrected chi connectivity index (χ4v) is 5.15. The molecule has 0 radical (unpaired) electrons. The van der Waals surface area contributed by atoms with Gasteiger partial charge in [-0.2, -0.15) is 0 Å². The van der Waals surface area contributed by atoms with E-state index < -0.39 is 0 Å². The highest BCUT2D eigenvalue weighted by Gasteiger charge is 2.37. The van der Waals surface area contributed by atoms with Crippen LogP contribution < -0.4 is 0 Å². The van der Waals surface area contributed by atoms with Crippen molar-refractivity contribution in [3.05, 3.63) is 142 Å². The Hall–Kier alpha value is -4.24. The second kappa shape index (κ2) is 9.81. The topological polar surface area (TPSA) is 37.4 Å². The lowest BCUT2D eigenvalue weighted by atomic mass is 9.72. The fourth-order valence-electron chi connectivity index (χ4n) is 5.15. The lowest BCUT2D eigenvalue weighted by Crippen LogP contribution is -2.27. The van der Waals surface area contributed by atoms with Crippen LogP contribution in [0.5, 0.6) is 0 Å². The molecule has 2 aromatic rings. The van der Waals surface area contributed by atoms with Crippen LogP contribution in [0.4, 0.5) is 0 Å². The minimum absolute atomic E-state index is 0.0102. The summed E-state index contributed by atoms with van der Waals surface area (Å²) < 4.78 is 0.